The van der Waals surface area contributed by atoms with Crippen LogP contribution in [0.5, 0.6) is 0 Å². The van der Waals surface area contributed by atoms with E-state index in [2.05, 4.69) is 10.3 Å². The van der Waals surface area contributed by atoms with Crippen LogP contribution in [0.2, 0.25) is 0 Å². The second kappa shape index (κ2) is 5.77. The molecule has 1 unspecified atom stereocenters. The maximum Gasteiger partial charge on any atom is 0.277 e. The second-order valence-corrected chi connectivity index (χ2v) is 4.63. The number of hydrogen-bond donors (Lipinski definition) is 2. The molecule has 0 saturated carbocycles. The van der Waals surface area contributed by atoms with E-state index in [0.29, 0.717) is 17.8 Å². The fourth-order valence-corrected chi connectivity index (χ4v) is 1.66. The molecule has 6 heteroatoms. The van der Waals surface area contributed by atoms with Crippen LogP contribution < -0.4 is 5.32 Å². The quantitative estimate of drug-likeness (QED) is 0.599. The molecule has 0 fully saturated rings. The molecule has 6 nitrogen and oxygen atoms in total. The number of hydrogen-bond acceptors (Lipinski definition) is 5. The van der Waals surface area contributed by atoms with Crippen molar-refractivity contribution in [2.75, 3.05) is 11.9 Å². The number of anilines is 1. The number of nitro groups is 1. The molecule has 0 aliphatic heterocycles. The van der Waals surface area contributed by atoms with Crippen molar-refractivity contribution in [2.24, 2.45) is 0 Å². The highest BCUT2D eigenvalue weighted by Crippen LogP contribution is 2.24. The van der Waals surface area contributed by atoms with Gasteiger partial charge in [-0.05, 0) is 26.7 Å². The number of aliphatic hydroxyl groups is 1. The second-order valence-electron chi connectivity index (χ2n) is 4.63. The summed E-state index contributed by atoms with van der Waals surface area (Å²) in [7, 11) is 0. The zero-order valence-corrected chi connectivity index (χ0v) is 10.9. The molecule has 0 saturated heterocycles. The highest BCUT2D eigenvalue weighted by Gasteiger charge is 2.22. The van der Waals surface area contributed by atoms with Crippen LogP contribution >= 0.6 is 0 Å². The summed E-state index contributed by atoms with van der Waals surface area (Å²) in [6.07, 6.45) is 2.83. The summed E-state index contributed by atoms with van der Waals surface area (Å²) in [4.78, 5) is 14.6. The molecule has 1 aromatic rings. The number of aliphatic hydroxyl groups excluding tert-OH is 1. The van der Waals surface area contributed by atoms with E-state index >= 15 is 0 Å². The molecule has 1 heterocycles. The molecule has 0 amide bonds. The molecule has 1 rings (SSSR count). The van der Waals surface area contributed by atoms with Gasteiger partial charge in [-0.3, -0.25) is 10.1 Å². The maximum absolute atomic E-state index is 10.8. The Kier molecular flexibility index (Phi) is 4.61. The van der Waals surface area contributed by atoms with E-state index in [-0.39, 0.29) is 17.8 Å². The van der Waals surface area contributed by atoms with Gasteiger partial charge in [-0.1, -0.05) is 6.92 Å². The topological polar surface area (TPSA) is 88.3 Å². The number of aryl methyl sites for hydroxylation is 1. The molecular weight excluding hydrogens is 234 g/mol. The van der Waals surface area contributed by atoms with Gasteiger partial charge in [0.15, 0.2) is 0 Å². The molecular formula is C12H19N3O3. The van der Waals surface area contributed by atoms with Crippen LogP contribution in [0, 0.1) is 17.0 Å². The van der Waals surface area contributed by atoms with Gasteiger partial charge in [0.2, 0.25) is 0 Å². The fraction of sp³-hybridized carbons (Fsp3) is 0.583. The van der Waals surface area contributed by atoms with Crippen LogP contribution in [0.15, 0.2) is 12.3 Å². The molecule has 0 aromatic carbocycles. The van der Waals surface area contributed by atoms with E-state index in [1.54, 1.807) is 6.92 Å². The van der Waals surface area contributed by atoms with Gasteiger partial charge in [0.1, 0.15) is 5.82 Å². The molecule has 0 aliphatic rings. The average molecular weight is 253 g/mol. The molecule has 0 spiro atoms. The first kappa shape index (κ1) is 14.4. The monoisotopic (exact) mass is 253 g/mol. The normalized spacial score (nSPS) is 14.0. The Morgan fingerprint density at radius 1 is 1.61 bits per heavy atom. The van der Waals surface area contributed by atoms with Crippen molar-refractivity contribution in [2.45, 2.75) is 39.2 Å². The summed E-state index contributed by atoms with van der Waals surface area (Å²) < 4.78 is 0. The summed E-state index contributed by atoms with van der Waals surface area (Å²) >= 11 is 0. The largest absolute Gasteiger partial charge is 0.396 e. The van der Waals surface area contributed by atoms with Crippen LogP contribution in [-0.2, 0) is 0 Å². The minimum Gasteiger partial charge on any atom is -0.396 e. The van der Waals surface area contributed by atoms with Gasteiger partial charge in [-0.25, -0.2) is 4.98 Å². The molecule has 100 valence electrons. The van der Waals surface area contributed by atoms with Gasteiger partial charge < -0.3 is 10.4 Å². The van der Waals surface area contributed by atoms with Crippen LogP contribution in [0.25, 0.3) is 0 Å². The Balaban J connectivity index is 2.97. The molecule has 1 aromatic heterocycles. The zero-order chi connectivity index (χ0) is 13.8. The summed E-state index contributed by atoms with van der Waals surface area (Å²) in [5, 5.41) is 23.0. The lowest BCUT2D eigenvalue weighted by Gasteiger charge is -2.29. The van der Waals surface area contributed by atoms with Crippen LogP contribution in [0.1, 0.15) is 32.3 Å². The van der Waals surface area contributed by atoms with E-state index < -0.39 is 4.92 Å². The van der Waals surface area contributed by atoms with Crippen molar-refractivity contribution >= 4 is 11.5 Å². The number of nitrogens with zero attached hydrogens (tertiary/aromatic N) is 2. The molecule has 1 atom stereocenters. The van der Waals surface area contributed by atoms with E-state index in [4.69, 9.17) is 5.11 Å². The van der Waals surface area contributed by atoms with E-state index in [1.807, 2.05) is 13.8 Å². The zero-order valence-electron chi connectivity index (χ0n) is 10.9. The Labute approximate surface area is 106 Å². The van der Waals surface area contributed by atoms with E-state index in [0.717, 1.165) is 6.42 Å². The van der Waals surface area contributed by atoms with Crippen molar-refractivity contribution in [3.8, 4) is 0 Å². The Morgan fingerprint density at radius 2 is 2.28 bits per heavy atom. The predicted molar refractivity (Wildman–Crippen MR) is 69.6 cm³/mol. The first-order chi connectivity index (χ1) is 8.41. The lowest BCUT2D eigenvalue weighted by atomic mass is 9.95. The third kappa shape index (κ3) is 3.40. The van der Waals surface area contributed by atoms with Gasteiger partial charge in [0.25, 0.3) is 5.69 Å². The fourth-order valence-electron chi connectivity index (χ4n) is 1.66. The van der Waals surface area contributed by atoms with Crippen LogP contribution in [0.4, 0.5) is 11.5 Å². The molecule has 0 aliphatic carbocycles. The summed E-state index contributed by atoms with van der Waals surface area (Å²) in [6.45, 7) is 5.66. The first-order valence-corrected chi connectivity index (χ1v) is 5.92. The van der Waals surface area contributed by atoms with Gasteiger partial charge in [0.05, 0.1) is 11.0 Å². The van der Waals surface area contributed by atoms with Gasteiger partial charge in [-0.15, -0.1) is 0 Å². The van der Waals surface area contributed by atoms with Crippen molar-refractivity contribution < 1.29 is 10.0 Å². The lowest BCUT2D eigenvalue weighted by molar-refractivity contribution is -0.385. The van der Waals surface area contributed by atoms with Crippen molar-refractivity contribution in [1.29, 1.82) is 0 Å². The molecule has 0 radical (unpaired) electrons. The Bertz CT molecular complexity index is 437. The maximum atomic E-state index is 10.8. The summed E-state index contributed by atoms with van der Waals surface area (Å²) in [5.74, 6) is 0.463. The van der Waals surface area contributed by atoms with Gasteiger partial charge in [0, 0.05) is 23.9 Å². The van der Waals surface area contributed by atoms with Gasteiger partial charge in [-0.2, -0.15) is 0 Å². The van der Waals surface area contributed by atoms with Crippen LogP contribution in [-0.4, -0.2) is 27.2 Å². The third-order valence-electron chi connectivity index (χ3n) is 3.15. The highest BCUT2D eigenvalue weighted by atomic mass is 16.6. The Hall–Kier alpha value is -1.69. The lowest BCUT2D eigenvalue weighted by Crippen LogP contribution is -2.35. The minimum atomic E-state index is -0.419. The Morgan fingerprint density at radius 3 is 2.78 bits per heavy atom. The van der Waals surface area contributed by atoms with Gasteiger partial charge >= 0.3 is 0 Å². The molecule has 18 heavy (non-hydrogen) atoms. The van der Waals surface area contributed by atoms with Crippen molar-refractivity contribution in [3.63, 3.8) is 0 Å². The van der Waals surface area contributed by atoms with Crippen LogP contribution in [0.3, 0.4) is 0 Å². The SMILES string of the molecule is CCC(C)(CCO)Nc1cc([N+](=O)[O-])c(C)cn1. The number of pyridine rings is 1. The predicted octanol–water partition coefficient (Wildman–Crippen LogP) is 2.26. The summed E-state index contributed by atoms with van der Waals surface area (Å²) in [5.41, 5.74) is 0.270. The highest BCUT2D eigenvalue weighted by molar-refractivity contribution is 5.50. The first-order valence-electron chi connectivity index (χ1n) is 5.92. The third-order valence-corrected chi connectivity index (χ3v) is 3.15. The van der Waals surface area contributed by atoms with Crippen molar-refractivity contribution in [1.82, 2.24) is 4.98 Å². The average Bonchev–Trinajstić information content (AvgIpc) is 2.31. The number of rotatable bonds is 6. The van der Waals surface area contributed by atoms with E-state index in [9.17, 15) is 10.1 Å². The van der Waals surface area contributed by atoms with E-state index in [1.165, 1.54) is 12.3 Å². The number of nitrogens with one attached hydrogen (secondary N) is 1. The standard InChI is InChI=1S/C12H19N3O3/c1-4-12(3,5-6-16)14-11-7-10(15(17)18)9(2)8-13-11/h7-8,16H,4-6H2,1-3H3,(H,13,14). The molecule has 2 N–H and O–H groups in total. The summed E-state index contributed by atoms with van der Waals surface area (Å²) in [6, 6.07) is 1.43. The smallest absolute Gasteiger partial charge is 0.277 e. The minimum absolute atomic E-state index is 0.0509. The molecule has 0 bridgehead atoms. The number of aromatic nitrogens is 1. The van der Waals surface area contributed by atoms with Crippen molar-refractivity contribution in [3.05, 3.63) is 27.9 Å².